The molecular weight excluding hydrogens is 214 g/mol. The minimum atomic E-state index is 0.514. The van der Waals surface area contributed by atoms with Crippen LogP contribution in [0.3, 0.4) is 0 Å². The van der Waals surface area contributed by atoms with Crippen LogP contribution in [0, 0.1) is 0 Å². The van der Waals surface area contributed by atoms with E-state index in [1.165, 1.54) is 51.4 Å². The van der Waals surface area contributed by atoms with Gasteiger partial charge in [0.2, 0.25) is 5.89 Å². The van der Waals surface area contributed by atoms with Crippen LogP contribution >= 0.6 is 0 Å². The molecular formula is C13H21N3O. The summed E-state index contributed by atoms with van der Waals surface area (Å²) in [6.07, 6.45) is 10.4. The maximum Gasteiger partial charge on any atom is 0.229 e. The van der Waals surface area contributed by atoms with Gasteiger partial charge >= 0.3 is 0 Å². The molecule has 0 aliphatic heterocycles. The fraction of sp³-hybridized carbons (Fsp3) is 0.846. The highest BCUT2D eigenvalue weighted by atomic mass is 16.5. The van der Waals surface area contributed by atoms with E-state index >= 15 is 0 Å². The third kappa shape index (κ3) is 3.06. The Balaban J connectivity index is 1.57. The molecule has 17 heavy (non-hydrogen) atoms. The second kappa shape index (κ2) is 5.17. The van der Waals surface area contributed by atoms with Crippen molar-refractivity contribution in [3.05, 3.63) is 11.7 Å². The molecule has 1 N–H and O–H groups in total. The molecule has 2 saturated carbocycles. The molecule has 4 heteroatoms. The van der Waals surface area contributed by atoms with E-state index in [4.69, 9.17) is 4.52 Å². The third-order valence-corrected chi connectivity index (χ3v) is 3.81. The molecule has 0 radical (unpaired) electrons. The molecule has 94 valence electrons. The van der Waals surface area contributed by atoms with Crippen molar-refractivity contribution in [3.8, 4) is 0 Å². The first-order valence-corrected chi connectivity index (χ1v) is 6.97. The number of nitrogens with one attached hydrogen (secondary N) is 1. The summed E-state index contributed by atoms with van der Waals surface area (Å²) in [6.45, 7) is 0.765. The molecule has 1 aromatic rings. The molecule has 4 nitrogen and oxygen atoms in total. The van der Waals surface area contributed by atoms with Crippen molar-refractivity contribution in [1.29, 1.82) is 0 Å². The van der Waals surface area contributed by atoms with Crippen molar-refractivity contribution in [3.63, 3.8) is 0 Å². The van der Waals surface area contributed by atoms with Crippen molar-refractivity contribution >= 4 is 0 Å². The molecule has 0 atom stereocenters. The molecule has 0 unspecified atom stereocenters. The number of hydrogen-bond donors (Lipinski definition) is 1. The average molecular weight is 235 g/mol. The van der Waals surface area contributed by atoms with Gasteiger partial charge in [-0.15, -0.1) is 0 Å². The van der Waals surface area contributed by atoms with E-state index in [0.29, 0.717) is 12.0 Å². The average Bonchev–Trinajstić information content (AvgIpc) is 3.12. The van der Waals surface area contributed by atoms with E-state index in [0.717, 1.165) is 18.3 Å². The van der Waals surface area contributed by atoms with E-state index in [2.05, 4.69) is 15.5 Å². The maximum absolute atomic E-state index is 5.41. The van der Waals surface area contributed by atoms with E-state index in [9.17, 15) is 0 Å². The highest BCUT2D eigenvalue weighted by molar-refractivity contribution is 4.95. The Morgan fingerprint density at radius 3 is 2.53 bits per heavy atom. The fourth-order valence-corrected chi connectivity index (χ4v) is 2.55. The van der Waals surface area contributed by atoms with Crippen LogP contribution in [0.15, 0.2) is 4.52 Å². The van der Waals surface area contributed by atoms with E-state index in [1.807, 2.05) is 0 Å². The van der Waals surface area contributed by atoms with Gasteiger partial charge in [-0.05, 0) is 25.7 Å². The van der Waals surface area contributed by atoms with E-state index in [-0.39, 0.29) is 0 Å². The minimum Gasteiger partial charge on any atom is -0.339 e. The molecule has 0 spiro atoms. The molecule has 1 heterocycles. The Bertz CT molecular complexity index is 351. The van der Waals surface area contributed by atoms with Gasteiger partial charge in [-0.3, -0.25) is 0 Å². The Hall–Kier alpha value is -0.900. The largest absolute Gasteiger partial charge is 0.339 e. The first kappa shape index (κ1) is 11.2. The Morgan fingerprint density at radius 2 is 1.82 bits per heavy atom. The summed E-state index contributed by atoms with van der Waals surface area (Å²) in [5, 5.41) is 7.49. The second-order valence-electron chi connectivity index (χ2n) is 5.39. The summed E-state index contributed by atoms with van der Waals surface area (Å²) in [5.41, 5.74) is 0. The second-order valence-corrected chi connectivity index (χ2v) is 5.39. The van der Waals surface area contributed by atoms with Gasteiger partial charge in [-0.25, -0.2) is 0 Å². The van der Waals surface area contributed by atoms with Crippen molar-refractivity contribution < 1.29 is 4.52 Å². The zero-order valence-corrected chi connectivity index (χ0v) is 10.3. The number of hydrogen-bond acceptors (Lipinski definition) is 4. The summed E-state index contributed by atoms with van der Waals surface area (Å²) < 4.78 is 5.41. The summed E-state index contributed by atoms with van der Waals surface area (Å²) in [5.74, 6) is 2.22. The van der Waals surface area contributed by atoms with Crippen molar-refractivity contribution in [1.82, 2.24) is 15.5 Å². The predicted molar refractivity (Wildman–Crippen MR) is 64.6 cm³/mol. The zero-order valence-electron chi connectivity index (χ0n) is 10.3. The Labute approximate surface area is 102 Å². The lowest BCUT2D eigenvalue weighted by Crippen LogP contribution is -2.16. The smallest absolute Gasteiger partial charge is 0.229 e. The number of aromatic nitrogens is 2. The van der Waals surface area contributed by atoms with Gasteiger partial charge < -0.3 is 9.84 Å². The van der Waals surface area contributed by atoms with E-state index in [1.54, 1.807) is 0 Å². The topological polar surface area (TPSA) is 51.0 Å². The third-order valence-electron chi connectivity index (χ3n) is 3.81. The maximum atomic E-state index is 5.41. The first-order chi connectivity index (χ1) is 8.42. The van der Waals surface area contributed by atoms with Crippen LogP contribution in [0.1, 0.15) is 69.0 Å². The molecule has 1 aromatic heterocycles. The summed E-state index contributed by atoms with van der Waals surface area (Å²) in [6, 6.07) is 0.704. The Kier molecular flexibility index (Phi) is 3.41. The van der Waals surface area contributed by atoms with Crippen molar-refractivity contribution in [2.45, 2.75) is 69.9 Å². The molecule has 0 aromatic carbocycles. The normalized spacial score (nSPS) is 22.6. The number of rotatable bonds is 4. The quantitative estimate of drug-likeness (QED) is 0.815. The summed E-state index contributed by atoms with van der Waals surface area (Å²) in [7, 11) is 0. The van der Waals surface area contributed by atoms with Crippen LogP contribution in [0.5, 0.6) is 0 Å². The molecule has 2 fully saturated rings. The predicted octanol–water partition coefficient (Wildman–Crippen LogP) is 2.76. The van der Waals surface area contributed by atoms with Gasteiger partial charge in [0, 0.05) is 12.0 Å². The highest BCUT2D eigenvalue weighted by Gasteiger charge is 2.23. The Morgan fingerprint density at radius 1 is 1.06 bits per heavy atom. The lowest BCUT2D eigenvalue weighted by molar-refractivity contribution is 0.336. The highest BCUT2D eigenvalue weighted by Crippen LogP contribution is 2.30. The first-order valence-electron chi connectivity index (χ1n) is 6.97. The van der Waals surface area contributed by atoms with Gasteiger partial charge in [0.25, 0.3) is 0 Å². The molecule has 0 amide bonds. The van der Waals surface area contributed by atoms with Crippen LogP contribution in [-0.2, 0) is 6.54 Å². The minimum absolute atomic E-state index is 0.514. The SMILES string of the molecule is C1CCCC(c2nc(CNC3CC3)no2)CC1. The van der Waals surface area contributed by atoms with Gasteiger partial charge in [-0.2, -0.15) is 4.98 Å². The monoisotopic (exact) mass is 235 g/mol. The van der Waals surface area contributed by atoms with Gasteiger partial charge in [0.1, 0.15) is 0 Å². The van der Waals surface area contributed by atoms with Gasteiger partial charge in [-0.1, -0.05) is 30.8 Å². The summed E-state index contributed by atoms with van der Waals surface area (Å²) >= 11 is 0. The van der Waals surface area contributed by atoms with Crippen molar-refractivity contribution in [2.75, 3.05) is 0 Å². The molecule has 3 rings (SSSR count). The van der Waals surface area contributed by atoms with E-state index < -0.39 is 0 Å². The molecule has 0 saturated heterocycles. The van der Waals surface area contributed by atoms with Crippen LogP contribution in [-0.4, -0.2) is 16.2 Å². The lowest BCUT2D eigenvalue weighted by Gasteiger charge is -2.06. The molecule has 2 aliphatic rings. The van der Waals surface area contributed by atoms with Crippen LogP contribution in [0.4, 0.5) is 0 Å². The lowest BCUT2D eigenvalue weighted by atomic mass is 10.0. The standard InChI is InChI=1S/C13H21N3O/c1-2-4-6-10(5-3-1)13-15-12(16-17-13)9-14-11-7-8-11/h10-11,14H,1-9H2. The van der Waals surface area contributed by atoms with Crippen molar-refractivity contribution in [2.24, 2.45) is 0 Å². The number of nitrogens with zero attached hydrogens (tertiary/aromatic N) is 2. The molecule has 0 bridgehead atoms. The van der Waals surface area contributed by atoms with Gasteiger partial charge in [0.05, 0.1) is 6.54 Å². The van der Waals surface area contributed by atoms with Crippen LogP contribution in [0.25, 0.3) is 0 Å². The van der Waals surface area contributed by atoms with Crippen LogP contribution in [0.2, 0.25) is 0 Å². The molecule has 2 aliphatic carbocycles. The fourth-order valence-electron chi connectivity index (χ4n) is 2.55. The zero-order chi connectivity index (χ0) is 11.5. The summed E-state index contributed by atoms with van der Waals surface area (Å²) in [4.78, 5) is 4.54. The van der Waals surface area contributed by atoms with Gasteiger partial charge in [0.15, 0.2) is 5.82 Å². The van der Waals surface area contributed by atoms with Crippen LogP contribution < -0.4 is 5.32 Å².